The van der Waals surface area contributed by atoms with Crippen LogP contribution in [0.25, 0.3) is 0 Å². The molecular formula is C7H12F2OSi. The first-order chi connectivity index (χ1) is 4.81. The average molecular weight is 178 g/mol. The quantitative estimate of drug-likeness (QED) is 0.476. The maximum Gasteiger partial charge on any atom is 0.290 e. The summed E-state index contributed by atoms with van der Waals surface area (Å²) in [6.45, 7) is 6.05. The molecule has 0 radical (unpaired) electrons. The van der Waals surface area contributed by atoms with Crippen LogP contribution in [0.2, 0.25) is 19.6 Å². The van der Waals surface area contributed by atoms with E-state index in [4.69, 9.17) is 4.43 Å². The van der Waals surface area contributed by atoms with Crippen LogP contribution in [0.5, 0.6) is 0 Å². The van der Waals surface area contributed by atoms with Crippen molar-refractivity contribution in [1.29, 1.82) is 0 Å². The fraction of sp³-hybridized carbons (Fsp3) is 0.714. The number of hydrogen-bond acceptors (Lipinski definition) is 1. The Labute approximate surface area is 66.2 Å². The van der Waals surface area contributed by atoms with Gasteiger partial charge in [-0.15, -0.1) is 0 Å². The molecule has 11 heavy (non-hydrogen) atoms. The van der Waals surface area contributed by atoms with Gasteiger partial charge in [0.2, 0.25) is 0 Å². The van der Waals surface area contributed by atoms with Gasteiger partial charge < -0.3 is 4.43 Å². The Balaban J connectivity index is 2.22. The van der Waals surface area contributed by atoms with Crippen LogP contribution in [0.3, 0.4) is 0 Å². The lowest BCUT2D eigenvalue weighted by Crippen LogP contribution is -2.26. The summed E-state index contributed by atoms with van der Waals surface area (Å²) in [7, 11) is -1.62. The smallest absolute Gasteiger partial charge is 0.290 e. The predicted molar refractivity (Wildman–Crippen MR) is 42.3 cm³/mol. The molecule has 0 spiro atoms. The maximum absolute atomic E-state index is 12.2. The molecule has 0 saturated carbocycles. The Kier molecular flexibility index (Phi) is 1.92. The van der Waals surface area contributed by atoms with E-state index in [1.165, 1.54) is 0 Å². The number of rotatable bonds is 3. The zero-order valence-corrected chi connectivity index (χ0v) is 7.95. The first-order valence-electron chi connectivity index (χ1n) is 3.55. The summed E-state index contributed by atoms with van der Waals surface area (Å²) in [4.78, 5) is 0. The fourth-order valence-corrected chi connectivity index (χ4v) is 1.20. The second kappa shape index (κ2) is 2.38. The monoisotopic (exact) mass is 178 g/mol. The zero-order valence-electron chi connectivity index (χ0n) is 6.95. The Hall–Kier alpha value is -0.223. The predicted octanol–water partition coefficient (Wildman–Crippen LogP) is 2.41. The first-order valence-corrected chi connectivity index (χ1v) is 6.96. The van der Waals surface area contributed by atoms with E-state index in [-0.39, 0.29) is 12.2 Å². The summed E-state index contributed by atoms with van der Waals surface area (Å²) in [5, 5.41) is 0. The molecule has 0 atom stereocenters. The van der Waals surface area contributed by atoms with Gasteiger partial charge in [-0.3, -0.25) is 0 Å². The largest absolute Gasteiger partial charge is 0.413 e. The van der Waals surface area contributed by atoms with Gasteiger partial charge in [0.05, 0.1) is 6.61 Å². The summed E-state index contributed by atoms with van der Waals surface area (Å²) in [6, 6.07) is 0. The van der Waals surface area contributed by atoms with Gasteiger partial charge in [0.1, 0.15) is 0 Å². The molecule has 0 aliphatic heterocycles. The Morgan fingerprint density at radius 1 is 1.45 bits per heavy atom. The SMILES string of the molecule is C[Si](C)(C)OCC1=CC1(F)F. The van der Waals surface area contributed by atoms with Crippen LogP contribution in [-0.4, -0.2) is 20.8 Å². The van der Waals surface area contributed by atoms with Crippen LogP contribution < -0.4 is 0 Å². The van der Waals surface area contributed by atoms with Gasteiger partial charge in [-0.05, 0) is 25.7 Å². The number of halogens is 2. The molecule has 1 aliphatic rings. The zero-order chi connectivity index (χ0) is 8.70. The van der Waals surface area contributed by atoms with Gasteiger partial charge in [0.15, 0.2) is 8.32 Å². The van der Waals surface area contributed by atoms with E-state index < -0.39 is 14.2 Å². The van der Waals surface area contributed by atoms with Crippen molar-refractivity contribution in [1.82, 2.24) is 0 Å². The second-order valence-electron chi connectivity index (χ2n) is 3.69. The molecule has 0 unspecified atom stereocenters. The van der Waals surface area contributed by atoms with Crippen LogP contribution >= 0.6 is 0 Å². The highest BCUT2D eigenvalue weighted by Gasteiger charge is 2.45. The van der Waals surface area contributed by atoms with E-state index in [9.17, 15) is 8.78 Å². The van der Waals surface area contributed by atoms with Crippen LogP contribution in [0.1, 0.15) is 0 Å². The van der Waals surface area contributed by atoms with E-state index in [2.05, 4.69) is 0 Å². The molecule has 0 amide bonds. The van der Waals surface area contributed by atoms with Crippen molar-refractivity contribution in [2.75, 3.05) is 6.61 Å². The lowest BCUT2D eigenvalue weighted by atomic mass is 10.5. The van der Waals surface area contributed by atoms with Crippen molar-refractivity contribution in [2.24, 2.45) is 0 Å². The summed E-state index contributed by atoms with van der Waals surface area (Å²) in [5.74, 6) is -2.63. The number of allylic oxidation sites excluding steroid dienone is 1. The van der Waals surface area contributed by atoms with Crippen molar-refractivity contribution >= 4 is 8.32 Å². The molecular weight excluding hydrogens is 166 g/mol. The molecule has 0 aromatic rings. The summed E-state index contributed by atoms with van der Waals surface area (Å²) >= 11 is 0. The number of hydrogen-bond donors (Lipinski definition) is 0. The molecule has 1 nitrogen and oxygen atoms in total. The van der Waals surface area contributed by atoms with E-state index in [1.807, 2.05) is 19.6 Å². The lowest BCUT2D eigenvalue weighted by Gasteiger charge is -2.15. The van der Waals surface area contributed by atoms with E-state index in [0.29, 0.717) is 0 Å². The second-order valence-corrected chi connectivity index (χ2v) is 8.21. The van der Waals surface area contributed by atoms with Gasteiger partial charge in [-0.1, -0.05) is 0 Å². The first kappa shape index (κ1) is 8.87. The third-order valence-corrected chi connectivity index (χ3v) is 2.37. The van der Waals surface area contributed by atoms with Crippen LogP contribution in [0.4, 0.5) is 8.78 Å². The average Bonchev–Trinajstić information content (AvgIpc) is 2.33. The minimum absolute atomic E-state index is 0.114. The highest BCUT2D eigenvalue weighted by atomic mass is 28.4. The van der Waals surface area contributed by atoms with Crippen molar-refractivity contribution < 1.29 is 13.2 Å². The fourth-order valence-electron chi connectivity index (χ4n) is 0.615. The number of alkyl halides is 2. The standard InChI is InChI=1S/C7H12F2OSi/c1-11(2,3)10-5-6-4-7(6,8)9/h4H,5H2,1-3H3. The highest BCUT2D eigenvalue weighted by Crippen LogP contribution is 2.40. The van der Waals surface area contributed by atoms with Crippen molar-refractivity contribution in [3.8, 4) is 0 Å². The molecule has 1 rings (SSSR count). The van der Waals surface area contributed by atoms with Gasteiger partial charge in [-0.25, -0.2) is 0 Å². The molecule has 0 heterocycles. The van der Waals surface area contributed by atoms with Crippen molar-refractivity contribution in [3.63, 3.8) is 0 Å². The van der Waals surface area contributed by atoms with E-state index in [1.54, 1.807) is 0 Å². The Morgan fingerprint density at radius 2 is 1.91 bits per heavy atom. The van der Waals surface area contributed by atoms with E-state index in [0.717, 1.165) is 6.08 Å². The minimum atomic E-state index is -2.63. The summed E-state index contributed by atoms with van der Waals surface area (Å²) < 4.78 is 29.7. The van der Waals surface area contributed by atoms with E-state index >= 15 is 0 Å². The normalized spacial score (nSPS) is 21.4. The molecule has 1 aliphatic carbocycles. The summed E-state index contributed by atoms with van der Waals surface area (Å²) in [5.41, 5.74) is 0.139. The Morgan fingerprint density at radius 3 is 2.18 bits per heavy atom. The minimum Gasteiger partial charge on any atom is -0.413 e. The molecule has 0 aromatic carbocycles. The van der Waals surface area contributed by atoms with Crippen molar-refractivity contribution in [3.05, 3.63) is 11.6 Å². The molecule has 64 valence electrons. The third-order valence-electron chi connectivity index (χ3n) is 1.36. The molecule has 4 heteroatoms. The van der Waals surface area contributed by atoms with Crippen molar-refractivity contribution in [2.45, 2.75) is 25.6 Å². The topological polar surface area (TPSA) is 9.23 Å². The molecule has 0 fully saturated rings. The molecule has 0 saturated heterocycles. The molecule has 0 N–H and O–H groups in total. The third kappa shape index (κ3) is 2.71. The molecule has 0 bridgehead atoms. The lowest BCUT2D eigenvalue weighted by molar-refractivity contribution is 0.133. The van der Waals surface area contributed by atoms with Crippen LogP contribution in [0.15, 0.2) is 11.6 Å². The molecule has 0 aromatic heterocycles. The van der Waals surface area contributed by atoms with Crippen LogP contribution in [0, 0.1) is 0 Å². The van der Waals surface area contributed by atoms with Gasteiger partial charge in [0, 0.05) is 5.57 Å². The summed E-state index contributed by atoms with van der Waals surface area (Å²) in [6.07, 6.45) is 0.952. The van der Waals surface area contributed by atoms with Gasteiger partial charge in [0.25, 0.3) is 5.92 Å². The maximum atomic E-state index is 12.2. The highest BCUT2D eigenvalue weighted by molar-refractivity contribution is 6.69. The van der Waals surface area contributed by atoms with Crippen LogP contribution in [-0.2, 0) is 4.43 Å². The van der Waals surface area contributed by atoms with Gasteiger partial charge in [-0.2, -0.15) is 8.78 Å². The Bertz CT molecular complexity index is 193. The van der Waals surface area contributed by atoms with Gasteiger partial charge >= 0.3 is 0 Å².